The summed E-state index contributed by atoms with van der Waals surface area (Å²) in [5.74, 6) is -0.975. The van der Waals surface area contributed by atoms with Crippen LogP contribution in [-0.4, -0.2) is 11.2 Å². The van der Waals surface area contributed by atoms with Gasteiger partial charge >= 0.3 is 6.18 Å². The predicted molar refractivity (Wildman–Crippen MR) is 137 cm³/mol. The zero-order valence-electron chi connectivity index (χ0n) is 19.3. The Kier molecular flexibility index (Phi) is 8.03. The number of benzene rings is 3. The van der Waals surface area contributed by atoms with Gasteiger partial charge in [0.15, 0.2) is 0 Å². The van der Waals surface area contributed by atoms with Crippen LogP contribution >= 0.6 is 23.4 Å². The summed E-state index contributed by atoms with van der Waals surface area (Å²) in [6.07, 6.45) is -1.06. The molecule has 1 heterocycles. The number of aromatic nitrogens is 1. The normalized spacial score (nSPS) is 13.4. The maximum absolute atomic E-state index is 14.7. The highest BCUT2D eigenvalue weighted by atomic mass is 35.5. The molecule has 4 rings (SSSR count). The minimum Gasteiger partial charge on any atom is -0.298 e. The van der Waals surface area contributed by atoms with Gasteiger partial charge in [0.1, 0.15) is 5.82 Å². The summed E-state index contributed by atoms with van der Waals surface area (Å²) in [7, 11) is 0. The Balaban J connectivity index is 1.90. The molecule has 0 spiro atoms. The van der Waals surface area contributed by atoms with Crippen LogP contribution in [0.15, 0.2) is 96.0 Å². The van der Waals surface area contributed by atoms with Crippen LogP contribution in [0.25, 0.3) is 0 Å². The lowest BCUT2D eigenvalue weighted by molar-refractivity contribution is -0.137. The van der Waals surface area contributed by atoms with Crippen molar-refractivity contribution in [2.75, 3.05) is 6.26 Å². The number of halogens is 5. The lowest BCUT2D eigenvalue weighted by Crippen LogP contribution is -2.46. The largest absolute Gasteiger partial charge is 0.416 e. The number of rotatable bonds is 8. The summed E-state index contributed by atoms with van der Waals surface area (Å²) < 4.78 is 55.8. The first-order chi connectivity index (χ1) is 17.2. The Morgan fingerprint density at radius 1 is 0.861 bits per heavy atom. The van der Waals surface area contributed by atoms with Crippen LogP contribution in [0.3, 0.4) is 0 Å². The van der Waals surface area contributed by atoms with E-state index < -0.39 is 23.1 Å². The molecule has 0 aliphatic heterocycles. The Bertz CT molecular complexity index is 1300. The Morgan fingerprint density at radius 2 is 1.56 bits per heavy atom. The van der Waals surface area contributed by atoms with E-state index in [-0.39, 0.29) is 12.0 Å². The molecule has 1 unspecified atom stereocenters. The second kappa shape index (κ2) is 11.0. The van der Waals surface area contributed by atoms with Crippen molar-refractivity contribution in [3.05, 3.63) is 130 Å². The maximum Gasteiger partial charge on any atom is 0.416 e. The quantitative estimate of drug-likeness (QED) is 0.185. The first-order valence-corrected chi connectivity index (χ1v) is 12.7. The number of nitrogens with one attached hydrogen (secondary N) is 1. The molecule has 1 atom stereocenters. The molecule has 186 valence electrons. The van der Waals surface area contributed by atoms with Crippen LogP contribution in [-0.2, 0) is 24.7 Å². The van der Waals surface area contributed by atoms with Crippen LogP contribution in [0.5, 0.6) is 0 Å². The molecule has 0 amide bonds. The first-order valence-electron chi connectivity index (χ1n) is 11.1. The summed E-state index contributed by atoms with van der Waals surface area (Å²) in [6, 6.07) is 23.1. The van der Waals surface area contributed by atoms with E-state index >= 15 is 0 Å². The standard InChI is InChI=1S/C28H23ClF4N2S/c1-36-25-10-7-20(8-11-25)17-35-27(16-19-5-3-2-4-6-19,26-12-9-23(29)18-34-26)21-13-22(28(31,32)33)15-24(30)14-21/h2-15,18,35H,16-17H2,1H3. The fourth-order valence-corrected chi connectivity index (χ4v) is 4.64. The van der Waals surface area contributed by atoms with Crippen molar-refractivity contribution in [3.63, 3.8) is 0 Å². The molecule has 0 saturated heterocycles. The second-order valence-corrected chi connectivity index (χ2v) is 9.67. The molecule has 0 saturated carbocycles. The lowest BCUT2D eigenvalue weighted by Gasteiger charge is -2.36. The van der Waals surface area contributed by atoms with Crippen LogP contribution < -0.4 is 5.32 Å². The molecule has 0 radical (unpaired) electrons. The van der Waals surface area contributed by atoms with Crippen molar-refractivity contribution in [3.8, 4) is 0 Å². The molecule has 1 aromatic heterocycles. The summed E-state index contributed by atoms with van der Waals surface area (Å²) in [6.45, 7) is 0.309. The third-order valence-corrected chi connectivity index (χ3v) is 6.92. The lowest BCUT2D eigenvalue weighted by atomic mass is 9.79. The van der Waals surface area contributed by atoms with E-state index in [1.165, 1.54) is 6.20 Å². The monoisotopic (exact) mass is 530 g/mol. The maximum atomic E-state index is 14.7. The van der Waals surface area contributed by atoms with Gasteiger partial charge in [0.25, 0.3) is 0 Å². The van der Waals surface area contributed by atoms with Crippen molar-refractivity contribution in [1.82, 2.24) is 10.3 Å². The van der Waals surface area contributed by atoms with Crippen LogP contribution in [0.4, 0.5) is 17.6 Å². The van der Waals surface area contributed by atoms with Gasteiger partial charge in [-0.25, -0.2) is 4.39 Å². The third-order valence-electron chi connectivity index (χ3n) is 5.95. The number of nitrogens with zero attached hydrogens (tertiary/aromatic N) is 1. The van der Waals surface area contributed by atoms with Crippen molar-refractivity contribution in [1.29, 1.82) is 0 Å². The van der Waals surface area contributed by atoms with Gasteiger partial charge in [-0.1, -0.05) is 54.1 Å². The smallest absolute Gasteiger partial charge is 0.298 e. The molecule has 2 nitrogen and oxygen atoms in total. The first kappa shape index (κ1) is 26.2. The Morgan fingerprint density at radius 3 is 2.17 bits per heavy atom. The van der Waals surface area contributed by atoms with Gasteiger partial charge in [-0.3, -0.25) is 10.3 Å². The van der Waals surface area contributed by atoms with Gasteiger partial charge in [-0.05, 0) is 65.4 Å². The molecule has 0 aliphatic rings. The predicted octanol–water partition coefficient (Wildman–Crippen LogP) is 7.89. The molecule has 1 N–H and O–H groups in total. The molecule has 36 heavy (non-hydrogen) atoms. The van der Waals surface area contributed by atoms with Crippen molar-refractivity contribution in [2.24, 2.45) is 0 Å². The minimum absolute atomic E-state index is 0.120. The van der Waals surface area contributed by atoms with Crippen LogP contribution in [0.1, 0.15) is 27.9 Å². The highest BCUT2D eigenvalue weighted by molar-refractivity contribution is 7.98. The van der Waals surface area contributed by atoms with E-state index in [0.717, 1.165) is 28.2 Å². The number of thioether (sulfide) groups is 1. The van der Waals surface area contributed by atoms with Crippen molar-refractivity contribution >= 4 is 23.4 Å². The zero-order chi connectivity index (χ0) is 25.8. The van der Waals surface area contributed by atoms with Crippen molar-refractivity contribution < 1.29 is 17.6 Å². The van der Waals surface area contributed by atoms with Gasteiger partial charge in [0, 0.05) is 24.1 Å². The van der Waals surface area contributed by atoms with E-state index in [1.54, 1.807) is 23.9 Å². The van der Waals surface area contributed by atoms with E-state index in [1.807, 2.05) is 60.9 Å². The Hall–Kier alpha value is -2.87. The Labute approximate surface area is 216 Å². The zero-order valence-corrected chi connectivity index (χ0v) is 20.9. The summed E-state index contributed by atoms with van der Waals surface area (Å²) in [5.41, 5.74) is -0.0323. The average Bonchev–Trinajstić information content (AvgIpc) is 2.87. The highest BCUT2D eigenvalue weighted by Gasteiger charge is 2.39. The highest BCUT2D eigenvalue weighted by Crippen LogP contribution is 2.38. The third kappa shape index (κ3) is 6.09. The van der Waals surface area contributed by atoms with E-state index in [0.29, 0.717) is 23.3 Å². The van der Waals surface area contributed by atoms with Crippen molar-refractivity contribution in [2.45, 2.75) is 29.6 Å². The van der Waals surface area contributed by atoms with Gasteiger partial charge in [-0.2, -0.15) is 13.2 Å². The molecular weight excluding hydrogens is 508 g/mol. The van der Waals surface area contributed by atoms with Gasteiger partial charge < -0.3 is 0 Å². The summed E-state index contributed by atoms with van der Waals surface area (Å²) in [4.78, 5) is 5.57. The number of pyridine rings is 1. The molecule has 8 heteroatoms. The second-order valence-electron chi connectivity index (χ2n) is 8.36. The fraction of sp³-hybridized carbons (Fsp3) is 0.179. The molecular formula is C28H23ClF4N2S. The molecule has 0 bridgehead atoms. The van der Waals surface area contributed by atoms with Gasteiger partial charge in [0.05, 0.1) is 21.8 Å². The minimum atomic E-state index is -4.71. The van der Waals surface area contributed by atoms with Gasteiger partial charge in [0.2, 0.25) is 0 Å². The number of alkyl halides is 3. The molecule has 4 aromatic rings. The molecule has 3 aromatic carbocycles. The SMILES string of the molecule is CSc1ccc(CNC(Cc2ccccc2)(c2cc(F)cc(C(F)(F)F)c2)c2ccc(Cl)cn2)cc1. The summed E-state index contributed by atoms with van der Waals surface area (Å²) >= 11 is 7.70. The number of hydrogen-bond acceptors (Lipinski definition) is 3. The fourth-order valence-electron chi connectivity index (χ4n) is 4.12. The average molecular weight is 531 g/mol. The molecule has 0 aliphatic carbocycles. The van der Waals surface area contributed by atoms with E-state index in [4.69, 9.17) is 11.6 Å². The van der Waals surface area contributed by atoms with E-state index in [9.17, 15) is 17.6 Å². The topological polar surface area (TPSA) is 24.9 Å². The van der Waals surface area contributed by atoms with Crippen LogP contribution in [0, 0.1) is 5.82 Å². The van der Waals surface area contributed by atoms with Crippen LogP contribution in [0.2, 0.25) is 5.02 Å². The van der Waals surface area contributed by atoms with E-state index in [2.05, 4.69) is 10.3 Å². The molecule has 0 fully saturated rings. The summed E-state index contributed by atoms with van der Waals surface area (Å²) in [5, 5.41) is 3.83. The van der Waals surface area contributed by atoms with Gasteiger partial charge in [-0.15, -0.1) is 11.8 Å². The number of hydrogen-bond donors (Lipinski definition) is 1.